The summed E-state index contributed by atoms with van der Waals surface area (Å²) in [4.78, 5) is 11.7. The Bertz CT molecular complexity index is 501. The number of rotatable bonds is 3. The lowest BCUT2D eigenvalue weighted by Gasteiger charge is -2.20. The molecule has 1 aromatic rings. The second-order valence-corrected chi connectivity index (χ2v) is 5.95. The number of nitrogens with one attached hydrogen (secondary N) is 1. The number of amides is 1. The van der Waals surface area contributed by atoms with Gasteiger partial charge >= 0.3 is 6.09 Å². The van der Waals surface area contributed by atoms with Gasteiger partial charge in [0.2, 0.25) is 0 Å². The molecule has 4 nitrogen and oxygen atoms in total. The van der Waals surface area contributed by atoms with Crippen LogP contribution >= 0.6 is 15.9 Å². The SMILES string of the molecule is CC(C)(C)OC(=O)Nc1cc(CCC#N)ccc1Br. The van der Waals surface area contributed by atoms with E-state index < -0.39 is 11.7 Å². The fourth-order valence-electron chi connectivity index (χ4n) is 1.44. The number of nitriles is 1. The molecule has 0 fully saturated rings. The molecule has 0 aliphatic carbocycles. The molecular weight excluding hydrogens is 308 g/mol. The van der Waals surface area contributed by atoms with E-state index in [-0.39, 0.29) is 0 Å². The third-order valence-corrected chi connectivity index (χ3v) is 2.88. The third kappa shape index (κ3) is 5.75. The molecule has 0 aliphatic rings. The van der Waals surface area contributed by atoms with Crippen LogP contribution in [-0.4, -0.2) is 11.7 Å². The van der Waals surface area contributed by atoms with Crippen LogP contribution in [0.1, 0.15) is 32.8 Å². The van der Waals surface area contributed by atoms with Gasteiger partial charge in [0.05, 0.1) is 11.8 Å². The Kier molecular flexibility index (Phi) is 5.37. The molecule has 0 aromatic heterocycles. The number of hydrogen-bond donors (Lipinski definition) is 1. The zero-order valence-electron chi connectivity index (χ0n) is 11.3. The lowest BCUT2D eigenvalue weighted by atomic mass is 10.1. The van der Waals surface area contributed by atoms with Crippen LogP contribution < -0.4 is 5.32 Å². The summed E-state index contributed by atoms with van der Waals surface area (Å²) in [5, 5.41) is 11.3. The van der Waals surface area contributed by atoms with Crippen molar-refractivity contribution in [1.29, 1.82) is 5.26 Å². The van der Waals surface area contributed by atoms with Gasteiger partial charge in [-0.2, -0.15) is 5.26 Å². The zero-order valence-corrected chi connectivity index (χ0v) is 12.9. The monoisotopic (exact) mass is 324 g/mol. The predicted molar refractivity (Wildman–Crippen MR) is 77.9 cm³/mol. The first kappa shape index (κ1) is 15.5. The van der Waals surface area contributed by atoms with Crippen LogP contribution in [0.15, 0.2) is 22.7 Å². The van der Waals surface area contributed by atoms with Gasteiger partial charge in [-0.05, 0) is 60.8 Å². The van der Waals surface area contributed by atoms with Gasteiger partial charge in [0.1, 0.15) is 5.60 Å². The van der Waals surface area contributed by atoms with Crippen molar-refractivity contribution in [2.45, 2.75) is 39.2 Å². The molecule has 0 radical (unpaired) electrons. The smallest absolute Gasteiger partial charge is 0.412 e. The fourth-order valence-corrected chi connectivity index (χ4v) is 1.78. The van der Waals surface area contributed by atoms with Crippen molar-refractivity contribution in [3.8, 4) is 6.07 Å². The maximum absolute atomic E-state index is 11.7. The summed E-state index contributed by atoms with van der Waals surface area (Å²) in [6.45, 7) is 5.43. The van der Waals surface area contributed by atoms with Gasteiger partial charge < -0.3 is 4.74 Å². The molecule has 0 saturated carbocycles. The lowest BCUT2D eigenvalue weighted by molar-refractivity contribution is 0.0636. The van der Waals surface area contributed by atoms with Gasteiger partial charge in [0.15, 0.2) is 0 Å². The van der Waals surface area contributed by atoms with Crippen LogP contribution in [0.4, 0.5) is 10.5 Å². The van der Waals surface area contributed by atoms with Gasteiger partial charge in [0, 0.05) is 10.9 Å². The van der Waals surface area contributed by atoms with Gasteiger partial charge in [0.25, 0.3) is 0 Å². The standard InChI is InChI=1S/C14H17BrN2O2/c1-14(2,3)19-13(18)17-12-9-10(5-4-8-16)6-7-11(12)15/h6-7,9H,4-5H2,1-3H3,(H,17,18). The minimum absolute atomic E-state index is 0.452. The first-order valence-electron chi connectivity index (χ1n) is 5.97. The van der Waals surface area contributed by atoms with Crippen LogP contribution in [0, 0.1) is 11.3 Å². The van der Waals surface area contributed by atoms with E-state index in [0.717, 1.165) is 10.0 Å². The number of carbonyl (C=O) groups excluding carboxylic acids is 1. The number of benzene rings is 1. The van der Waals surface area contributed by atoms with E-state index in [1.165, 1.54) is 0 Å². The molecule has 0 aliphatic heterocycles. The molecule has 1 aromatic carbocycles. The Hall–Kier alpha value is -1.54. The highest BCUT2D eigenvalue weighted by atomic mass is 79.9. The normalized spacial score (nSPS) is 10.7. The molecule has 0 heterocycles. The Balaban J connectivity index is 2.77. The Labute approximate surface area is 121 Å². The second kappa shape index (κ2) is 6.58. The molecule has 102 valence electrons. The molecule has 1 rings (SSSR count). The van der Waals surface area contributed by atoms with Gasteiger partial charge in [-0.25, -0.2) is 4.79 Å². The number of carbonyl (C=O) groups is 1. The molecule has 0 atom stereocenters. The summed E-state index contributed by atoms with van der Waals surface area (Å²) in [6, 6.07) is 7.70. The highest BCUT2D eigenvalue weighted by Gasteiger charge is 2.17. The van der Waals surface area contributed by atoms with Crippen LogP contribution in [0.3, 0.4) is 0 Å². The van der Waals surface area contributed by atoms with Crippen LogP contribution in [0.2, 0.25) is 0 Å². The van der Waals surface area contributed by atoms with Crippen molar-refractivity contribution in [1.82, 2.24) is 0 Å². The number of nitrogens with zero attached hydrogens (tertiary/aromatic N) is 1. The van der Waals surface area contributed by atoms with Crippen molar-refractivity contribution < 1.29 is 9.53 Å². The maximum atomic E-state index is 11.7. The van der Waals surface area contributed by atoms with E-state index >= 15 is 0 Å². The average Bonchev–Trinajstić information content (AvgIpc) is 2.27. The van der Waals surface area contributed by atoms with Crippen molar-refractivity contribution in [3.05, 3.63) is 28.2 Å². The van der Waals surface area contributed by atoms with E-state index in [9.17, 15) is 4.79 Å². The molecular formula is C14H17BrN2O2. The summed E-state index contributed by atoms with van der Waals surface area (Å²) in [5.74, 6) is 0. The van der Waals surface area contributed by atoms with Crippen molar-refractivity contribution >= 4 is 27.7 Å². The summed E-state index contributed by atoms with van der Waals surface area (Å²) in [7, 11) is 0. The van der Waals surface area contributed by atoms with E-state index in [2.05, 4.69) is 27.3 Å². The van der Waals surface area contributed by atoms with Crippen LogP contribution in [-0.2, 0) is 11.2 Å². The predicted octanol–water partition coefficient (Wildman–Crippen LogP) is 4.25. The topological polar surface area (TPSA) is 62.1 Å². The van der Waals surface area contributed by atoms with Gasteiger partial charge in [-0.15, -0.1) is 0 Å². The third-order valence-electron chi connectivity index (χ3n) is 2.19. The average molecular weight is 325 g/mol. The molecule has 19 heavy (non-hydrogen) atoms. The summed E-state index contributed by atoms with van der Waals surface area (Å²) in [5.41, 5.74) is 1.11. The minimum atomic E-state index is -0.533. The van der Waals surface area contributed by atoms with E-state index in [1.807, 2.05) is 39.0 Å². The van der Waals surface area contributed by atoms with Crippen LogP contribution in [0.5, 0.6) is 0 Å². The first-order valence-corrected chi connectivity index (χ1v) is 6.76. The summed E-state index contributed by atoms with van der Waals surface area (Å²) >= 11 is 3.37. The summed E-state index contributed by atoms with van der Waals surface area (Å²) < 4.78 is 5.97. The van der Waals surface area contributed by atoms with Gasteiger partial charge in [-0.1, -0.05) is 6.07 Å². The quantitative estimate of drug-likeness (QED) is 0.903. The zero-order chi connectivity index (χ0) is 14.5. The molecule has 0 unspecified atom stereocenters. The van der Waals surface area contributed by atoms with Crippen molar-refractivity contribution in [2.75, 3.05) is 5.32 Å². The van der Waals surface area contributed by atoms with E-state index in [4.69, 9.17) is 10.00 Å². The second-order valence-electron chi connectivity index (χ2n) is 5.10. The number of ether oxygens (including phenoxy) is 1. The number of hydrogen-bond acceptors (Lipinski definition) is 3. The molecule has 1 amide bonds. The Morgan fingerprint density at radius 3 is 2.74 bits per heavy atom. The molecule has 0 spiro atoms. The molecule has 0 saturated heterocycles. The number of aryl methyl sites for hydroxylation is 1. The highest BCUT2D eigenvalue weighted by molar-refractivity contribution is 9.10. The van der Waals surface area contributed by atoms with Crippen LogP contribution in [0.25, 0.3) is 0 Å². The van der Waals surface area contributed by atoms with E-state index in [0.29, 0.717) is 18.5 Å². The Morgan fingerprint density at radius 1 is 1.47 bits per heavy atom. The molecule has 5 heteroatoms. The molecule has 0 bridgehead atoms. The van der Waals surface area contributed by atoms with Crippen molar-refractivity contribution in [2.24, 2.45) is 0 Å². The highest BCUT2D eigenvalue weighted by Crippen LogP contribution is 2.25. The van der Waals surface area contributed by atoms with E-state index in [1.54, 1.807) is 0 Å². The lowest BCUT2D eigenvalue weighted by Crippen LogP contribution is -2.27. The largest absolute Gasteiger partial charge is 0.444 e. The molecule has 1 N–H and O–H groups in total. The first-order chi connectivity index (χ1) is 8.81. The Morgan fingerprint density at radius 2 is 2.16 bits per heavy atom. The minimum Gasteiger partial charge on any atom is -0.444 e. The van der Waals surface area contributed by atoms with Crippen molar-refractivity contribution in [3.63, 3.8) is 0 Å². The summed E-state index contributed by atoms with van der Waals surface area (Å²) in [6.07, 6.45) is 0.617. The number of anilines is 1. The maximum Gasteiger partial charge on any atom is 0.412 e. The van der Waals surface area contributed by atoms with Gasteiger partial charge in [-0.3, -0.25) is 5.32 Å². The number of halogens is 1. The fraction of sp³-hybridized carbons (Fsp3) is 0.429.